The van der Waals surface area contributed by atoms with Gasteiger partial charge >= 0.3 is 0 Å². The average molecular weight is 424 g/mol. The molecule has 7 heteroatoms. The van der Waals surface area contributed by atoms with Crippen LogP contribution in [0.5, 0.6) is 0 Å². The zero-order chi connectivity index (χ0) is 14.9. The summed E-state index contributed by atoms with van der Waals surface area (Å²) in [6, 6.07) is 4.91. The number of aromatic nitrogens is 2. The second-order valence-electron chi connectivity index (χ2n) is 4.35. The highest BCUT2D eigenvalue weighted by Crippen LogP contribution is 2.22. The van der Waals surface area contributed by atoms with E-state index in [1.54, 1.807) is 22.9 Å². The minimum atomic E-state index is -0.176. The molecule has 1 heterocycles. The van der Waals surface area contributed by atoms with Crippen molar-refractivity contribution in [2.75, 3.05) is 5.32 Å². The fourth-order valence-corrected chi connectivity index (χ4v) is 2.70. The Morgan fingerprint density at radius 3 is 2.40 bits per heavy atom. The molecule has 0 aliphatic rings. The minimum Gasteiger partial charge on any atom is -0.324 e. The van der Waals surface area contributed by atoms with Crippen molar-refractivity contribution < 1.29 is 4.79 Å². The van der Waals surface area contributed by atoms with Crippen LogP contribution in [0.4, 0.5) is 5.69 Å². The third-order valence-electron chi connectivity index (χ3n) is 2.73. The summed E-state index contributed by atoms with van der Waals surface area (Å²) in [7, 11) is 0. The normalized spacial score (nSPS) is 10.7. The van der Waals surface area contributed by atoms with Gasteiger partial charge in [-0.2, -0.15) is 5.10 Å². The number of amides is 1. The molecule has 2 aromatic rings. The van der Waals surface area contributed by atoms with Gasteiger partial charge < -0.3 is 5.32 Å². The molecule has 1 amide bonds. The van der Waals surface area contributed by atoms with Gasteiger partial charge in [-0.05, 0) is 54.6 Å². The molecule has 4 nitrogen and oxygen atoms in total. The first-order chi connectivity index (χ1) is 9.36. The quantitative estimate of drug-likeness (QED) is 0.757. The van der Waals surface area contributed by atoms with E-state index in [1.165, 1.54) is 0 Å². The molecular formula is C13H12Cl2IN3O. The SMILES string of the molecule is Cc1nn(CC(=O)Nc2cc(Cl)cc(Cl)c2)c(C)c1I. The number of nitrogens with zero attached hydrogens (tertiary/aromatic N) is 2. The van der Waals surface area contributed by atoms with Crippen molar-refractivity contribution in [3.8, 4) is 0 Å². The molecule has 0 radical (unpaired) electrons. The number of halogens is 3. The number of rotatable bonds is 3. The van der Waals surface area contributed by atoms with Crippen LogP contribution in [0.1, 0.15) is 11.4 Å². The molecule has 0 saturated heterocycles. The summed E-state index contributed by atoms with van der Waals surface area (Å²) in [4.78, 5) is 12.0. The molecule has 1 aromatic carbocycles. The molecule has 1 N–H and O–H groups in total. The third-order valence-corrected chi connectivity index (χ3v) is 4.73. The van der Waals surface area contributed by atoms with Gasteiger partial charge in [-0.3, -0.25) is 9.48 Å². The van der Waals surface area contributed by atoms with Gasteiger partial charge in [0.25, 0.3) is 0 Å². The monoisotopic (exact) mass is 423 g/mol. The van der Waals surface area contributed by atoms with Crippen LogP contribution in [0.3, 0.4) is 0 Å². The third kappa shape index (κ3) is 3.65. The van der Waals surface area contributed by atoms with Gasteiger partial charge in [0.15, 0.2) is 0 Å². The van der Waals surface area contributed by atoms with E-state index in [2.05, 4.69) is 33.0 Å². The molecule has 1 aromatic heterocycles. The molecule has 0 bridgehead atoms. The largest absolute Gasteiger partial charge is 0.324 e. The first-order valence-corrected chi connectivity index (χ1v) is 7.65. The van der Waals surface area contributed by atoms with Crippen LogP contribution >= 0.6 is 45.8 Å². The highest BCUT2D eigenvalue weighted by molar-refractivity contribution is 14.1. The standard InChI is InChI=1S/C13H12Cl2IN3O/c1-7-13(16)8(2)19(18-7)6-12(20)17-11-4-9(14)3-10(15)5-11/h3-5H,6H2,1-2H3,(H,17,20). The Bertz CT molecular complexity index is 650. The molecule has 0 aliphatic heterocycles. The van der Waals surface area contributed by atoms with E-state index in [0.29, 0.717) is 15.7 Å². The lowest BCUT2D eigenvalue weighted by atomic mass is 10.3. The number of nitrogens with one attached hydrogen (secondary N) is 1. The molecular weight excluding hydrogens is 412 g/mol. The summed E-state index contributed by atoms with van der Waals surface area (Å²) in [5, 5.41) is 8.04. The van der Waals surface area contributed by atoms with Crippen molar-refractivity contribution in [3.63, 3.8) is 0 Å². The highest BCUT2D eigenvalue weighted by atomic mass is 127. The van der Waals surface area contributed by atoms with Gasteiger partial charge in [-0.1, -0.05) is 23.2 Å². The van der Waals surface area contributed by atoms with E-state index in [1.807, 2.05) is 13.8 Å². The zero-order valence-electron chi connectivity index (χ0n) is 10.9. The lowest BCUT2D eigenvalue weighted by molar-refractivity contribution is -0.116. The van der Waals surface area contributed by atoms with E-state index >= 15 is 0 Å². The fourth-order valence-electron chi connectivity index (χ4n) is 1.79. The topological polar surface area (TPSA) is 46.9 Å². The molecule has 0 aliphatic carbocycles. The van der Waals surface area contributed by atoms with Gasteiger partial charge in [0, 0.05) is 21.4 Å². The van der Waals surface area contributed by atoms with Gasteiger partial charge in [0.05, 0.1) is 9.26 Å². The number of benzene rings is 1. The maximum absolute atomic E-state index is 12.0. The Labute approximate surface area is 140 Å². The summed E-state index contributed by atoms with van der Waals surface area (Å²) in [6.07, 6.45) is 0. The Kier molecular flexibility index (Phi) is 4.93. The first-order valence-electron chi connectivity index (χ1n) is 5.82. The lowest BCUT2D eigenvalue weighted by Crippen LogP contribution is -2.20. The summed E-state index contributed by atoms with van der Waals surface area (Å²) >= 11 is 14.0. The predicted octanol–water partition coefficient (Wildman–Crippen LogP) is 4.05. The number of aryl methyl sites for hydroxylation is 1. The van der Waals surface area contributed by atoms with Crippen molar-refractivity contribution in [1.29, 1.82) is 0 Å². The second kappa shape index (κ2) is 6.32. The van der Waals surface area contributed by atoms with E-state index in [4.69, 9.17) is 23.2 Å². The maximum atomic E-state index is 12.0. The van der Waals surface area contributed by atoms with Crippen molar-refractivity contribution in [1.82, 2.24) is 9.78 Å². The van der Waals surface area contributed by atoms with Crippen molar-refractivity contribution in [2.45, 2.75) is 20.4 Å². The number of carbonyl (C=O) groups excluding carboxylic acids is 1. The van der Waals surface area contributed by atoms with Crippen LogP contribution in [0.2, 0.25) is 10.0 Å². The summed E-state index contributed by atoms with van der Waals surface area (Å²) in [6.45, 7) is 4.00. The number of hydrogen-bond acceptors (Lipinski definition) is 2. The maximum Gasteiger partial charge on any atom is 0.246 e. The van der Waals surface area contributed by atoms with E-state index < -0.39 is 0 Å². The molecule has 2 rings (SSSR count). The molecule has 20 heavy (non-hydrogen) atoms. The molecule has 0 atom stereocenters. The van der Waals surface area contributed by atoms with Crippen LogP contribution in [-0.2, 0) is 11.3 Å². The predicted molar refractivity (Wildman–Crippen MR) is 89.5 cm³/mol. The first kappa shape index (κ1) is 15.6. The second-order valence-corrected chi connectivity index (χ2v) is 6.30. The highest BCUT2D eigenvalue weighted by Gasteiger charge is 2.12. The van der Waals surface area contributed by atoms with E-state index in [-0.39, 0.29) is 12.5 Å². The Morgan fingerprint density at radius 1 is 1.30 bits per heavy atom. The summed E-state index contributed by atoms with van der Waals surface area (Å²) < 4.78 is 2.75. The van der Waals surface area contributed by atoms with Gasteiger partial charge in [-0.15, -0.1) is 0 Å². The Balaban J connectivity index is 2.11. The van der Waals surface area contributed by atoms with Crippen molar-refractivity contribution in [2.24, 2.45) is 0 Å². The van der Waals surface area contributed by atoms with Crippen LogP contribution in [0.25, 0.3) is 0 Å². The summed E-state index contributed by atoms with van der Waals surface area (Å²) in [5.74, 6) is -0.176. The molecule has 0 spiro atoms. The molecule has 0 fully saturated rings. The van der Waals surface area contributed by atoms with Crippen LogP contribution in [-0.4, -0.2) is 15.7 Å². The van der Waals surface area contributed by atoms with Crippen molar-refractivity contribution in [3.05, 3.63) is 43.2 Å². The van der Waals surface area contributed by atoms with Gasteiger partial charge in [0.2, 0.25) is 5.91 Å². The zero-order valence-corrected chi connectivity index (χ0v) is 14.5. The number of hydrogen-bond donors (Lipinski definition) is 1. The minimum absolute atomic E-state index is 0.153. The van der Waals surface area contributed by atoms with Crippen molar-refractivity contribution >= 4 is 57.4 Å². The van der Waals surface area contributed by atoms with E-state index in [0.717, 1.165) is 15.0 Å². The van der Waals surface area contributed by atoms with Gasteiger partial charge in [0.1, 0.15) is 6.54 Å². The molecule has 106 valence electrons. The fraction of sp³-hybridized carbons (Fsp3) is 0.231. The molecule has 0 saturated carbocycles. The molecule has 0 unspecified atom stereocenters. The summed E-state index contributed by atoms with van der Waals surface area (Å²) in [5.41, 5.74) is 2.47. The smallest absolute Gasteiger partial charge is 0.246 e. The Hall–Kier alpha value is -0.790. The van der Waals surface area contributed by atoms with Crippen LogP contribution in [0, 0.1) is 17.4 Å². The lowest BCUT2D eigenvalue weighted by Gasteiger charge is -2.07. The number of carbonyl (C=O) groups is 1. The van der Waals surface area contributed by atoms with Crippen LogP contribution in [0.15, 0.2) is 18.2 Å². The van der Waals surface area contributed by atoms with Crippen LogP contribution < -0.4 is 5.32 Å². The van der Waals surface area contributed by atoms with Gasteiger partial charge in [-0.25, -0.2) is 0 Å². The Morgan fingerprint density at radius 2 is 1.90 bits per heavy atom. The number of anilines is 1. The average Bonchev–Trinajstić information content (AvgIpc) is 2.55. The van der Waals surface area contributed by atoms with E-state index in [9.17, 15) is 4.79 Å².